The Morgan fingerprint density at radius 2 is 2.00 bits per heavy atom. The summed E-state index contributed by atoms with van der Waals surface area (Å²) in [4.78, 5) is 2.22. The average molecular weight is 347 g/mol. The van der Waals surface area contributed by atoms with Gasteiger partial charge in [-0.05, 0) is 30.4 Å². The number of ether oxygens (including phenoxy) is 1. The minimum Gasteiger partial charge on any atom is -0.497 e. The van der Waals surface area contributed by atoms with Crippen LogP contribution in [0.15, 0.2) is 18.2 Å². The van der Waals surface area contributed by atoms with Crippen LogP contribution in [0.2, 0.25) is 0 Å². The minimum absolute atomic E-state index is 0.131. The van der Waals surface area contributed by atoms with Crippen LogP contribution in [0.25, 0.3) is 0 Å². The molecule has 0 bridgehead atoms. The van der Waals surface area contributed by atoms with E-state index in [1.165, 1.54) is 44.9 Å². The number of unbranched alkanes of at least 4 members (excludes halogenated alkanes) is 2. The van der Waals surface area contributed by atoms with Gasteiger partial charge in [-0.2, -0.15) is 0 Å². The Morgan fingerprint density at radius 1 is 1.20 bits per heavy atom. The van der Waals surface area contributed by atoms with Crippen molar-refractivity contribution in [2.45, 2.75) is 70.6 Å². The van der Waals surface area contributed by atoms with Gasteiger partial charge in [-0.3, -0.25) is 0 Å². The first-order valence-electron chi connectivity index (χ1n) is 9.95. The van der Waals surface area contributed by atoms with Gasteiger partial charge >= 0.3 is 0 Å². The van der Waals surface area contributed by atoms with Crippen molar-refractivity contribution in [1.82, 2.24) is 0 Å². The van der Waals surface area contributed by atoms with E-state index in [0.29, 0.717) is 0 Å². The highest BCUT2D eigenvalue weighted by Gasteiger charge is 2.30. The number of aliphatic hydroxyl groups is 1. The first-order chi connectivity index (χ1) is 12.1. The summed E-state index contributed by atoms with van der Waals surface area (Å²) in [5.74, 6) is 2.71. The average Bonchev–Trinajstić information content (AvgIpc) is 3.01. The zero-order valence-corrected chi connectivity index (χ0v) is 16.0. The topological polar surface area (TPSA) is 44.7 Å². The summed E-state index contributed by atoms with van der Waals surface area (Å²) in [6.45, 7) is 2.42. The molecule has 4 atom stereocenters. The molecule has 1 heterocycles. The van der Waals surface area contributed by atoms with Gasteiger partial charge in [0.1, 0.15) is 12.0 Å². The number of benzene rings is 1. The maximum absolute atomic E-state index is 10.5. The van der Waals surface area contributed by atoms with Gasteiger partial charge in [-0.15, -0.1) is 0 Å². The molecule has 1 aromatic carbocycles. The first-order valence-corrected chi connectivity index (χ1v) is 9.95. The molecule has 1 aromatic rings. The molecule has 0 amide bonds. The zero-order chi connectivity index (χ0) is 17.8. The molecule has 0 saturated heterocycles. The molecule has 140 valence electrons. The number of methoxy groups -OCH3 is 1. The number of fused-ring (bicyclic) bond motifs is 1. The lowest BCUT2D eigenvalue weighted by molar-refractivity contribution is 0.159. The normalized spacial score (nSPS) is 28.6. The molecule has 2 aliphatic rings. The maximum atomic E-state index is 10.5. The van der Waals surface area contributed by atoms with Gasteiger partial charge in [0.25, 0.3) is 0 Å². The minimum atomic E-state index is -0.528. The van der Waals surface area contributed by atoms with Crippen LogP contribution >= 0.6 is 0 Å². The molecule has 3 unspecified atom stereocenters. The van der Waals surface area contributed by atoms with E-state index in [1.54, 1.807) is 7.11 Å². The largest absolute Gasteiger partial charge is 0.497 e. The molecular formula is C21H34N2O2. The van der Waals surface area contributed by atoms with Crippen LogP contribution in [-0.4, -0.2) is 31.5 Å². The number of aliphatic hydroxyl groups excluding tert-OH is 1. The number of anilines is 2. The Morgan fingerprint density at radius 3 is 2.72 bits per heavy atom. The Hall–Kier alpha value is -1.42. The molecule has 1 aliphatic carbocycles. The molecule has 1 aliphatic heterocycles. The predicted molar refractivity (Wildman–Crippen MR) is 104 cm³/mol. The van der Waals surface area contributed by atoms with Crippen LogP contribution in [0.5, 0.6) is 5.75 Å². The molecule has 25 heavy (non-hydrogen) atoms. The highest BCUT2D eigenvalue weighted by molar-refractivity contribution is 5.74. The number of nitrogens with one attached hydrogen (secondary N) is 1. The second-order valence-corrected chi connectivity index (χ2v) is 7.96. The summed E-state index contributed by atoms with van der Waals surface area (Å²) in [7, 11) is 3.75. The van der Waals surface area contributed by atoms with E-state index in [9.17, 15) is 5.11 Å². The van der Waals surface area contributed by atoms with E-state index in [2.05, 4.69) is 30.3 Å². The first kappa shape index (κ1) is 18.4. The van der Waals surface area contributed by atoms with Gasteiger partial charge in [-0.25, -0.2) is 0 Å². The summed E-state index contributed by atoms with van der Waals surface area (Å²) < 4.78 is 5.28. The molecule has 0 radical (unpaired) electrons. The van der Waals surface area contributed by atoms with Crippen LogP contribution in [0, 0.1) is 11.8 Å². The summed E-state index contributed by atoms with van der Waals surface area (Å²) >= 11 is 0. The third-order valence-electron chi connectivity index (χ3n) is 6.36. The zero-order valence-electron chi connectivity index (χ0n) is 16.0. The van der Waals surface area contributed by atoms with E-state index >= 15 is 0 Å². The maximum Gasteiger partial charge on any atom is 0.145 e. The second-order valence-electron chi connectivity index (χ2n) is 7.96. The number of hydrogen-bond acceptors (Lipinski definition) is 4. The van der Waals surface area contributed by atoms with E-state index in [0.717, 1.165) is 35.4 Å². The fourth-order valence-corrected chi connectivity index (χ4v) is 4.65. The van der Waals surface area contributed by atoms with Crippen molar-refractivity contribution in [1.29, 1.82) is 0 Å². The van der Waals surface area contributed by atoms with Crippen LogP contribution in [0.3, 0.4) is 0 Å². The van der Waals surface area contributed by atoms with Crippen molar-refractivity contribution >= 4 is 11.4 Å². The summed E-state index contributed by atoms with van der Waals surface area (Å²) in [6.07, 6.45) is 9.98. The van der Waals surface area contributed by atoms with Crippen LogP contribution in [0.1, 0.15) is 58.3 Å². The van der Waals surface area contributed by atoms with Crippen molar-refractivity contribution in [3.8, 4) is 5.75 Å². The Labute approximate surface area is 152 Å². The highest BCUT2D eigenvalue weighted by atomic mass is 16.5. The molecule has 0 aromatic heterocycles. The number of likely N-dealkylation sites (N-methyl/N-ethyl adjacent to an activating group) is 1. The summed E-state index contributed by atoms with van der Waals surface area (Å²) in [5.41, 5.74) is 2.08. The van der Waals surface area contributed by atoms with Crippen molar-refractivity contribution in [3.63, 3.8) is 0 Å². The van der Waals surface area contributed by atoms with Gasteiger partial charge in [0.05, 0.1) is 24.5 Å². The predicted octanol–water partition coefficient (Wildman–Crippen LogP) is 4.63. The summed E-state index contributed by atoms with van der Waals surface area (Å²) in [5, 5.41) is 13.8. The van der Waals surface area contributed by atoms with Crippen molar-refractivity contribution in [2.75, 3.05) is 24.4 Å². The molecule has 2 N–H and O–H groups in total. The van der Waals surface area contributed by atoms with Crippen molar-refractivity contribution in [3.05, 3.63) is 18.2 Å². The van der Waals surface area contributed by atoms with Gasteiger partial charge in [0, 0.05) is 13.1 Å². The molecule has 1 fully saturated rings. The molecule has 3 rings (SSSR count). The molecule has 4 heteroatoms. The number of hydrogen-bond donors (Lipinski definition) is 2. The van der Waals surface area contributed by atoms with Gasteiger partial charge in [-0.1, -0.05) is 51.9 Å². The van der Waals surface area contributed by atoms with Crippen LogP contribution in [-0.2, 0) is 0 Å². The standard InChI is InChI=1S/C21H34N2O2/c1-15-8-7-10-16(15)9-5-4-6-11-20-21(24)22-18-14-17(25-3)12-13-19(18)23(20)2/h12-16,20-22,24H,4-11H2,1-3H3/t15?,16-,20?,21?/m1/s1. The lowest BCUT2D eigenvalue weighted by atomic mass is 9.91. The fourth-order valence-electron chi connectivity index (χ4n) is 4.65. The third kappa shape index (κ3) is 4.22. The Balaban J connectivity index is 1.47. The molecule has 1 saturated carbocycles. The monoisotopic (exact) mass is 346 g/mol. The third-order valence-corrected chi connectivity index (χ3v) is 6.36. The summed E-state index contributed by atoms with van der Waals surface area (Å²) in [6, 6.07) is 6.13. The number of nitrogens with zero attached hydrogens (tertiary/aromatic N) is 1. The van der Waals surface area contributed by atoms with Gasteiger partial charge < -0.3 is 20.1 Å². The van der Waals surface area contributed by atoms with Crippen molar-refractivity contribution < 1.29 is 9.84 Å². The SMILES string of the molecule is COc1ccc2c(c1)NC(O)C(CCCCC[C@@H]1CCCC1C)N2C. The lowest BCUT2D eigenvalue weighted by Crippen LogP contribution is -2.49. The fraction of sp³-hybridized carbons (Fsp3) is 0.714. The second kappa shape index (κ2) is 8.31. The molecule has 0 spiro atoms. The number of rotatable bonds is 7. The quantitative estimate of drug-likeness (QED) is 0.707. The van der Waals surface area contributed by atoms with Crippen molar-refractivity contribution in [2.24, 2.45) is 11.8 Å². The Kier molecular flexibility index (Phi) is 6.10. The van der Waals surface area contributed by atoms with E-state index in [-0.39, 0.29) is 6.04 Å². The van der Waals surface area contributed by atoms with Gasteiger partial charge in [0.2, 0.25) is 0 Å². The van der Waals surface area contributed by atoms with E-state index in [4.69, 9.17) is 4.74 Å². The van der Waals surface area contributed by atoms with Crippen LogP contribution < -0.4 is 15.0 Å². The Bertz CT molecular complexity index is 563. The van der Waals surface area contributed by atoms with Crippen LogP contribution in [0.4, 0.5) is 11.4 Å². The van der Waals surface area contributed by atoms with Gasteiger partial charge in [0.15, 0.2) is 0 Å². The molecular weight excluding hydrogens is 312 g/mol. The van der Waals surface area contributed by atoms with E-state index < -0.39 is 6.23 Å². The lowest BCUT2D eigenvalue weighted by Gasteiger charge is -2.40. The smallest absolute Gasteiger partial charge is 0.145 e. The van der Waals surface area contributed by atoms with E-state index in [1.807, 2.05) is 12.1 Å². The highest BCUT2D eigenvalue weighted by Crippen LogP contribution is 2.37. The molecule has 4 nitrogen and oxygen atoms in total.